The van der Waals surface area contributed by atoms with Crippen molar-refractivity contribution in [2.45, 2.75) is 38.7 Å². The number of hydrogen-bond donors (Lipinski definition) is 1. The van der Waals surface area contributed by atoms with Gasteiger partial charge in [0.2, 0.25) is 0 Å². The topological polar surface area (TPSA) is 47.0 Å². The molecule has 0 amide bonds. The second-order valence-electron chi connectivity index (χ2n) is 5.72. The molecular formula is C17H21N3O. The van der Waals surface area contributed by atoms with Crippen molar-refractivity contribution >= 4 is 5.82 Å². The second-order valence-corrected chi connectivity index (χ2v) is 5.72. The SMILES string of the molecule is CNc1cc(-c2cccc(OC(C)C)c2)nc(C2CC2)n1. The third-order valence-corrected chi connectivity index (χ3v) is 3.44. The minimum atomic E-state index is 0.167. The lowest BCUT2D eigenvalue weighted by Crippen LogP contribution is -2.05. The highest BCUT2D eigenvalue weighted by molar-refractivity contribution is 5.64. The summed E-state index contributed by atoms with van der Waals surface area (Å²) in [6.07, 6.45) is 2.56. The Labute approximate surface area is 125 Å². The number of nitrogens with one attached hydrogen (secondary N) is 1. The van der Waals surface area contributed by atoms with Gasteiger partial charge in [-0.2, -0.15) is 0 Å². The Balaban J connectivity index is 1.97. The molecule has 1 saturated carbocycles. The minimum absolute atomic E-state index is 0.167. The molecule has 1 aromatic carbocycles. The molecule has 1 aromatic heterocycles. The lowest BCUT2D eigenvalue weighted by molar-refractivity contribution is 0.242. The third kappa shape index (κ3) is 3.32. The number of aromatic nitrogens is 2. The van der Waals surface area contributed by atoms with E-state index in [4.69, 9.17) is 9.72 Å². The number of hydrogen-bond acceptors (Lipinski definition) is 4. The van der Waals surface area contributed by atoms with Crippen molar-refractivity contribution in [3.8, 4) is 17.0 Å². The van der Waals surface area contributed by atoms with Crippen LogP contribution in [0.4, 0.5) is 5.82 Å². The first-order valence-electron chi connectivity index (χ1n) is 7.49. The molecule has 4 heteroatoms. The Morgan fingerprint density at radius 1 is 1.19 bits per heavy atom. The van der Waals surface area contributed by atoms with Gasteiger partial charge in [0.25, 0.3) is 0 Å². The zero-order valence-electron chi connectivity index (χ0n) is 12.8. The summed E-state index contributed by atoms with van der Waals surface area (Å²) in [6, 6.07) is 10.1. The van der Waals surface area contributed by atoms with Crippen molar-refractivity contribution in [2.24, 2.45) is 0 Å². The van der Waals surface area contributed by atoms with Crippen LogP contribution >= 0.6 is 0 Å². The van der Waals surface area contributed by atoms with Crippen LogP contribution in [-0.2, 0) is 0 Å². The van der Waals surface area contributed by atoms with E-state index in [1.54, 1.807) is 0 Å². The first-order valence-corrected chi connectivity index (χ1v) is 7.49. The van der Waals surface area contributed by atoms with E-state index in [9.17, 15) is 0 Å². The molecule has 0 saturated heterocycles. The maximum Gasteiger partial charge on any atom is 0.134 e. The molecule has 110 valence electrons. The Bertz CT molecular complexity index is 636. The van der Waals surface area contributed by atoms with Crippen molar-refractivity contribution in [2.75, 3.05) is 12.4 Å². The minimum Gasteiger partial charge on any atom is -0.491 e. The van der Waals surface area contributed by atoms with E-state index in [1.807, 2.05) is 45.2 Å². The Hall–Kier alpha value is -2.10. The van der Waals surface area contributed by atoms with Crippen LogP contribution in [0, 0.1) is 0 Å². The number of rotatable bonds is 5. The average Bonchev–Trinajstić information content (AvgIpc) is 3.31. The highest BCUT2D eigenvalue weighted by Crippen LogP contribution is 2.39. The van der Waals surface area contributed by atoms with E-state index in [-0.39, 0.29) is 6.10 Å². The summed E-state index contributed by atoms with van der Waals surface area (Å²) in [5, 5.41) is 3.12. The Morgan fingerprint density at radius 3 is 2.67 bits per heavy atom. The summed E-state index contributed by atoms with van der Waals surface area (Å²) in [5.74, 6) is 3.23. The normalized spacial score (nSPS) is 14.3. The van der Waals surface area contributed by atoms with Crippen LogP contribution in [0.2, 0.25) is 0 Å². The van der Waals surface area contributed by atoms with E-state index < -0.39 is 0 Å². The van der Waals surface area contributed by atoms with Gasteiger partial charge in [-0.15, -0.1) is 0 Å². The van der Waals surface area contributed by atoms with Crippen LogP contribution in [0.25, 0.3) is 11.3 Å². The number of ether oxygens (including phenoxy) is 1. The maximum atomic E-state index is 5.76. The van der Waals surface area contributed by atoms with Gasteiger partial charge in [0.1, 0.15) is 17.4 Å². The predicted molar refractivity (Wildman–Crippen MR) is 84.8 cm³/mol. The molecule has 1 heterocycles. The van der Waals surface area contributed by atoms with Gasteiger partial charge in [-0.05, 0) is 38.8 Å². The summed E-state index contributed by atoms with van der Waals surface area (Å²) in [7, 11) is 1.89. The zero-order chi connectivity index (χ0) is 14.8. The van der Waals surface area contributed by atoms with E-state index in [1.165, 1.54) is 12.8 Å². The molecule has 0 bridgehead atoms. The van der Waals surface area contributed by atoms with Gasteiger partial charge in [0.05, 0.1) is 11.8 Å². The van der Waals surface area contributed by atoms with Crippen LogP contribution < -0.4 is 10.1 Å². The van der Waals surface area contributed by atoms with Gasteiger partial charge in [-0.1, -0.05) is 12.1 Å². The maximum absolute atomic E-state index is 5.76. The van der Waals surface area contributed by atoms with Crippen molar-refractivity contribution in [1.82, 2.24) is 9.97 Å². The summed E-state index contributed by atoms with van der Waals surface area (Å²) in [4.78, 5) is 9.28. The molecular weight excluding hydrogens is 262 g/mol. The molecule has 4 nitrogen and oxygen atoms in total. The summed E-state index contributed by atoms with van der Waals surface area (Å²) >= 11 is 0. The van der Waals surface area contributed by atoms with Gasteiger partial charge < -0.3 is 10.1 Å². The fourth-order valence-corrected chi connectivity index (χ4v) is 2.27. The second kappa shape index (κ2) is 5.72. The first kappa shape index (κ1) is 13.9. The van der Waals surface area contributed by atoms with Crippen molar-refractivity contribution in [1.29, 1.82) is 0 Å². The van der Waals surface area contributed by atoms with Gasteiger partial charge in [-0.25, -0.2) is 9.97 Å². The standard InChI is InChI=1S/C17H21N3O/c1-11(2)21-14-6-4-5-13(9-14)15-10-16(18-3)20-17(19-15)12-7-8-12/h4-6,9-12H,7-8H2,1-3H3,(H,18,19,20). The largest absolute Gasteiger partial charge is 0.491 e. The lowest BCUT2D eigenvalue weighted by Gasteiger charge is -2.12. The molecule has 2 aromatic rings. The monoisotopic (exact) mass is 283 g/mol. The summed E-state index contributed by atoms with van der Waals surface area (Å²) in [5.41, 5.74) is 2.01. The summed E-state index contributed by atoms with van der Waals surface area (Å²) in [6.45, 7) is 4.06. The van der Waals surface area contributed by atoms with Gasteiger partial charge in [0, 0.05) is 24.6 Å². The fourth-order valence-electron chi connectivity index (χ4n) is 2.27. The molecule has 3 rings (SSSR count). The highest BCUT2D eigenvalue weighted by atomic mass is 16.5. The van der Waals surface area contributed by atoms with Crippen LogP contribution in [0.3, 0.4) is 0 Å². The first-order chi connectivity index (χ1) is 10.2. The molecule has 0 aliphatic heterocycles. The molecule has 1 fully saturated rings. The van der Waals surface area contributed by atoms with Gasteiger partial charge in [-0.3, -0.25) is 0 Å². The molecule has 1 aliphatic rings. The zero-order valence-corrected chi connectivity index (χ0v) is 12.8. The van der Waals surface area contributed by atoms with E-state index >= 15 is 0 Å². The Kier molecular flexibility index (Phi) is 3.78. The molecule has 0 unspecified atom stereocenters. The van der Waals surface area contributed by atoms with Gasteiger partial charge >= 0.3 is 0 Å². The van der Waals surface area contributed by atoms with E-state index in [0.29, 0.717) is 5.92 Å². The van der Waals surface area contributed by atoms with E-state index in [2.05, 4.69) is 16.4 Å². The number of anilines is 1. The van der Waals surface area contributed by atoms with Gasteiger partial charge in [0.15, 0.2) is 0 Å². The molecule has 0 radical (unpaired) electrons. The number of benzene rings is 1. The average molecular weight is 283 g/mol. The molecule has 1 N–H and O–H groups in total. The third-order valence-electron chi connectivity index (χ3n) is 3.44. The predicted octanol–water partition coefficient (Wildman–Crippen LogP) is 3.85. The Morgan fingerprint density at radius 2 is 2.00 bits per heavy atom. The van der Waals surface area contributed by atoms with Crippen LogP contribution in [-0.4, -0.2) is 23.1 Å². The van der Waals surface area contributed by atoms with E-state index in [0.717, 1.165) is 28.6 Å². The van der Waals surface area contributed by atoms with Crippen molar-refractivity contribution in [3.63, 3.8) is 0 Å². The van der Waals surface area contributed by atoms with Crippen molar-refractivity contribution in [3.05, 3.63) is 36.2 Å². The molecule has 21 heavy (non-hydrogen) atoms. The molecule has 0 spiro atoms. The number of nitrogens with zero attached hydrogens (tertiary/aromatic N) is 2. The fraction of sp³-hybridized carbons (Fsp3) is 0.412. The molecule has 0 atom stereocenters. The summed E-state index contributed by atoms with van der Waals surface area (Å²) < 4.78 is 5.76. The quantitative estimate of drug-likeness (QED) is 0.905. The highest BCUT2D eigenvalue weighted by Gasteiger charge is 2.27. The van der Waals surface area contributed by atoms with Crippen LogP contribution in [0.1, 0.15) is 38.4 Å². The van der Waals surface area contributed by atoms with Crippen molar-refractivity contribution < 1.29 is 4.74 Å². The molecule has 1 aliphatic carbocycles. The lowest BCUT2D eigenvalue weighted by atomic mass is 10.1. The van der Waals surface area contributed by atoms with Crippen LogP contribution in [0.15, 0.2) is 30.3 Å². The van der Waals surface area contributed by atoms with Crippen LogP contribution in [0.5, 0.6) is 5.75 Å². The smallest absolute Gasteiger partial charge is 0.134 e.